The highest BCUT2D eigenvalue weighted by atomic mass is 35.5. The molecule has 0 amide bonds. The van der Waals surface area contributed by atoms with E-state index in [0.29, 0.717) is 29.1 Å². The van der Waals surface area contributed by atoms with Crippen molar-refractivity contribution in [1.29, 1.82) is 0 Å². The average Bonchev–Trinajstić information content (AvgIpc) is 3.02. The number of benzene rings is 3. The Morgan fingerprint density at radius 2 is 1.76 bits per heavy atom. The van der Waals surface area contributed by atoms with E-state index in [0.717, 1.165) is 24.2 Å². The predicted octanol–water partition coefficient (Wildman–Crippen LogP) is 4.39. The van der Waals surface area contributed by atoms with Gasteiger partial charge < -0.3 is 9.32 Å². The molecule has 0 aliphatic carbocycles. The fourth-order valence-electron chi connectivity index (χ4n) is 4.43. The first kappa shape index (κ1) is 22.7. The van der Waals surface area contributed by atoms with Crippen molar-refractivity contribution >= 4 is 44.1 Å². The van der Waals surface area contributed by atoms with Crippen molar-refractivity contribution in [2.75, 3.05) is 18.0 Å². The summed E-state index contributed by atoms with van der Waals surface area (Å²) in [7, 11) is -2.20. The van der Waals surface area contributed by atoms with Crippen LogP contribution in [0.4, 0.5) is 11.4 Å². The van der Waals surface area contributed by atoms with Crippen molar-refractivity contribution in [3.8, 4) is 0 Å². The van der Waals surface area contributed by atoms with Crippen LogP contribution < -0.4 is 15.4 Å². The van der Waals surface area contributed by atoms with Gasteiger partial charge in [-0.3, -0.25) is 4.57 Å². The van der Waals surface area contributed by atoms with Gasteiger partial charge >= 0.3 is 5.76 Å². The normalized spacial score (nSPS) is 13.5. The smallest absolute Gasteiger partial charge is 0.408 e. The van der Waals surface area contributed by atoms with E-state index in [2.05, 4.69) is 27.8 Å². The monoisotopic (exact) mass is 497 g/mol. The number of aryl methyl sites for hydroxylation is 3. The minimum Gasteiger partial charge on any atom is -0.408 e. The van der Waals surface area contributed by atoms with Crippen molar-refractivity contribution < 1.29 is 12.8 Å². The lowest BCUT2D eigenvalue weighted by molar-refractivity contribution is 0.528. The molecule has 4 aromatic rings. The van der Waals surface area contributed by atoms with Crippen LogP contribution in [0.3, 0.4) is 0 Å². The van der Waals surface area contributed by atoms with E-state index in [9.17, 15) is 13.2 Å². The van der Waals surface area contributed by atoms with Crippen LogP contribution in [0, 0.1) is 0 Å². The van der Waals surface area contributed by atoms with Gasteiger partial charge in [-0.2, -0.15) is 0 Å². The Morgan fingerprint density at radius 3 is 2.59 bits per heavy atom. The molecule has 9 heteroatoms. The largest absolute Gasteiger partial charge is 0.419 e. The molecule has 0 fully saturated rings. The van der Waals surface area contributed by atoms with E-state index in [1.807, 2.05) is 24.3 Å². The van der Waals surface area contributed by atoms with E-state index >= 15 is 0 Å². The number of para-hydroxylation sites is 1. The zero-order chi connectivity index (χ0) is 23.9. The number of nitrogens with one attached hydrogen (secondary N) is 1. The molecule has 2 heterocycles. The second-order valence-corrected chi connectivity index (χ2v) is 10.6. The number of aromatic nitrogens is 1. The van der Waals surface area contributed by atoms with Gasteiger partial charge in [-0.1, -0.05) is 35.9 Å². The summed E-state index contributed by atoms with van der Waals surface area (Å²) >= 11 is 6.32. The fraction of sp³-hybridized carbons (Fsp3) is 0.240. The van der Waals surface area contributed by atoms with Gasteiger partial charge in [-0.25, -0.2) is 17.9 Å². The Morgan fingerprint density at radius 1 is 1.00 bits per heavy atom. The van der Waals surface area contributed by atoms with Gasteiger partial charge in [-0.05, 0) is 66.8 Å². The second kappa shape index (κ2) is 8.94. The first-order valence-electron chi connectivity index (χ1n) is 11.1. The van der Waals surface area contributed by atoms with E-state index in [-0.39, 0.29) is 11.4 Å². The molecule has 0 radical (unpaired) electrons. The zero-order valence-corrected chi connectivity index (χ0v) is 20.2. The molecular weight excluding hydrogens is 474 g/mol. The van der Waals surface area contributed by atoms with Crippen molar-refractivity contribution in [2.45, 2.75) is 24.2 Å². The Bertz CT molecular complexity index is 1540. The summed E-state index contributed by atoms with van der Waals surface area (Å²) in [5.41, 5.74) is 5.45. The zero-order valence-electron chi connectivity index (χ0n) is 18.6. The fourth-order valence-corrected chi connectivity index (χ4v) is 5.69. The summed E-state index contributed by atoms with van der Waals surface area (Å²) in [5.74, 6) is -0.532. The van der Waals surface area contributed by atoms with Gasteiger partial charge in [-0.15, -0.1) is 0 Å². The van der Waals surface area contributed by atoms with Gasteiger partial charge in [0.05, 0.1) is 10.4 Å². The van der Waals surface area contributed by atoms with Gasteiger partial charge in [0, 0.05) is 36.5 Å². The molecule has 0 bridgehead atoms. The summed E-state index contributed by atoms with van der Waals surface area (Å²) < 4.78 is 34.8. The van der Waals surface area contributed by atoms with Crippen molar-refractivity contribution in [3.63, 3.8) is 0 Å². The van der Waals surface area contributed by atoms with Gasteiger partial charge in [0.15, 0.2) is 5.58 Å². The standard InChI is InChI=1S/C25H24ClN3O4S/c1-28-23-16-20(11-12-24(23)33-25(28)30)34(31,32)27-13-4-14-29-21-6-3-2-5-17(21)7-8-18-9-10-19(26)15-22(18)29/h2-3,5-6,9-12,15-16,27H,4,7-8,13-14H2,1H3. The molecule has 5 rings (SSSR count). The Kier molecular flexibility index (Phi) is 5.97. The maximum atomic E-state index is 12.9. The van der Waals surface area contributed by atoms with Gasteiger partial charge in [0.2, 0.25) is 10.0 Å². The number of rotatable bonds is 6. The summed E-state index contributed by atoms with van der Waals surface area (Å²) in [6.07, 6.45) is 2.45. The summed E-state index contributed by atoms with van der Waals surface area (Å²) in [4.78, 5) is 14.0. The lowest BCUT2D eigenvalue weighted by Crippen LogP contribution is -2.28. The molecule has 1 aromatic heterocycles. The molecular formula is C25H24ClN3O4S. The van der Waals surface area contributed by atoms with E-state index < -0.39 is 15.8 Å². The predicted molar refractivity (Wildman–Crippen MR) is 134 cm³/mol. The summed E-state index contributed by atoms with van der Waals surface area (Å²) in [5, 5.41) is 0.674. The SMILES string of the molecule is Cn1c(=O)oc2ccc(S(=O)(=O)NCCCN3c4ccccc4CCc4ccc(Cl)cc43)cc21. The van der Waals surface area contributed by atoms with Crippen LogP contribution in [-0.4, -0.2) is 26.1 Å². The van der Waals surface area contributed by atoms with Crippen molar-refractivity contribution in [3.05, 3.63) is 87.4 Å². The number of nitrogens with zero attached hydrogens (tertiary/aromatic N) is 2. The molecule has 3 aromatic carbocycles. The molecule has 7 nitrogen and oxygen atoms in total. The number of fused-ring (bicyclic) bond motifs is 3. The topological polar surface area (TPSA) is 84.5 Å². The third-order valence-electron chi connectivity index (χ3n) is 6.21. The molecule has 0 atom stereocenters. The van der Waals surface area contributed by atoms with Crippen LogP contribution in [0.15, 0.2) is 74.8 Å². The number of halogens is 1. The minimum atomic E-state index is -3.74. The van der Waals surface area contributed by atoms with E-state index in [1.165, 1.54) is 33.9 Å². The van der Waals surface area contributed by atoms with E-state index in [1.54, 1.807) is 7.05 Å². The molecule has 176 valence electrons. The third-order valence-corrected chi connectivity index (χ3v) is 7.90. The van der Waals surface area contributed by atoms with Crippen molar-refractivity contribution in [2.24, 2.45) is 7.05 Å². The maximum Gasteiger partial charge on any atom is 0.419 e. The number of sulfonamides is 1. The Balaban J connectivity index is 1.34. The molecule has 0 saturated heterocycles. The number of oxazole rings is 1. The summed E-state index contributed by atoms with van der Waals surface area (Å²) in [6, 6.07) is 18.6. The highest BCUT2D eigenvalue weighted by molar-refractivity contribution is 7.89. The van der Waals surface area contributed by atoms with E-state index in [4.69, 9.17) is 16.0 Å². The van der Waals surface area contributed by atoms with Crippen molar-refractivity contribution in [1.82, 2.24) is 9.29 Å². The molecule has 0 unspecified atom stereocenters. The number of anilines is 2. The minimum absolute atomic E-state index is 0.0913. The van der Waals surface area contributed by atoms with Crippen LogP contribution >= 0.6 is 11.6 Å². The highest BCUT2D eigenvalue weighted by Crippen LogP contribution is 2.37. The van der Waals surface area contributed by atoms with Gasteiger partial charge in [0.1, 0.15) is 0 Å². The number of hydrogen-bond acceptors (Lipinski definition) is 5. The Labute approximate surface area is 202 Å². The molecule has 0 saturated carbocycles. The molecule has 0 spiro atoms. The van der Waals surface area contributed by atoms with Gasteiger partial charge in [0.25, 0.3) is 0 Å². The first-order valence-corrected chi connectivity index (χ1v) is 12.9. The molecule has 34 heavy (non-hydrogen) atoms. The molecule has 1 aliphatic heterocycles. The summed E-state index contributed by atoms with van der Waals surface area (Å²) in [6.45, 7) is 0.890. The second-order valence-electron chi connectivity index (χ2n) is 8.36. The molecule has 1 N–H and O–H groups in total. The third kappa shape index (κ3) is 4.24. The lowest BCUT2D eigenvalue weighted by Gasteiger charge is -2.27. The average molecular weight is 498 g/mol. The van der Waals surface area contributed by atoms with Crippen LogP contribution in [0.25, 0.3) is 11.1 Å². The van der Waals surface area contributed by atoms with Crippen LogP contribution in [0.1, 0.15) is 17.5 Å². The first-order chi connectivity index (χ1) is 16.3. The maximum absolute atomic E-state index is 12.9. The quantitative estimate of drug-likeness (QED) is 0.399. The van der Waals surface area contributed by atoms with Crippen LogP contribution in [-0.2, 0) is 29.9 Å². The Hall–Kier alpha value is -3.07. The van der Waals surface area contributed by atoms with Crippen LogP contribution in [0.5, 0.6) is 0 Å². The molecule has 1 aliphatic rings. The number of hydrogen-bond donors (Lipinski definition) is 1. The van der Waals surface area contributed by atoms with Crippen LogP contribution in [0.2, 0.25) is 5.02 Å². The lowest BCUT2D eigenvalue weighted by atomic mass is 10.0. The highest BCUT2D eigenvalue weighted by Gasteiger charge is 2.21.